The van der Waals surface area contributed by atoms with E-state index >= 15 is 0 Å². The summed E-state index contributed by atoms with van der Waals surface area (Å²) in [6.45, 7) is 0. The van der Waals surface area contributed by atoms with Gasteiger partial charge in [-0.15, -0.1) is 0 Å². The van der Waals surface area contributed by atoms with E-state index in [2.05, 4.69) is 9.98 Å². The maximum atomic E-state index is 12.5. The fraction of sp³-hybridized carbons (Fsp3) is 0. The van der Waals surface area contributed by atoms with Gasteiger partial charge in [-0.05, 0) is 12.1 Å². The van der Waals surface area contributed by atoms with Gasteiger partial charge in [0.15, 0.2) is 5.88 Å². The number of aromatic hydroxyl groups is 1. The molecule has 0 saturated carbocycles. The molecule has 4 nitrogen and oxygen atoms in total. The maximum Gasteiger partial charge on any atom is 0.280 e. The lowest BCUT2D eigenvalue weighted by atomic mass is 10.00. The summed E-state index contributed by atoms with van der Waals surface area (Å²) in [5.41, 5.74) is 2.67. The molecule has 1 aliphatic rings. The number of amides is 1. The average molecular weight is 357 g/mol. The van der Waals surface area contributed by atoms with E-state index in [4.69, 9.17) is 23.2 Å². The number of aromatic amines is 1. The quantitative estimate of drug-likeness (QED) is 0.699. The Labute approximate surface area is 147 Å². The molecule has 0 saturated heterocycles. The largest absolute Gasteiger partial charge is 0.494 e. The Morgan fingerprint density at radius 3 is 2.08 bits per heavy atom. The lowest BCUT2D eigenvalue weighted by Gasteiger charge is -2.03. The van der Waals surface area contributed by atoms with E-state index in [9.17, 15) is 9.90 Å². The first kappa shape index (κ1) is 15.0. The van der Waals surface area contributed by atoms with Crippen LogP contribution < -0.4 is 0 Å². The predicted molar refractivity (Wildman–Crippen MR) is 94.3 cm³/mol. The van der Waals surface area contributed by atoms with Crippen LogP contribution in [0.15, 0.2) is 53.5 Å². The average Bonchev–Trinajstić information content (AvgIpc) is 3.08. The number of benzene rings is 2. The SMILES string of the molecule is O=C1N=C(c2ccccc2Cl)c2c(O)[nH]c(-c3ccccc3Cl)c21. The standard InChI is InChI=1S/C18H10Cl2N2O2/c19-11-7-3-1-5-9(11)15-13-14(18(24)21-15)16(22-17(13)23)10-6-2-4-8-12(10)20/h1-8,21,24H. The molecule has 6 heteroatoms. The van der Waals surface area contributed by atoms with Crippen LogP contribution in [-0.4, -0.2) is 21.7 Å². The lowest BCUT2D eigenvalue weighted by molar-refractivity contribution is 0.101. The monoisotopic (exact) mass is 356 g/mol. The van der Waals surface area contributed by atoms with Crippen molar-refractivity contribution in [2.24, 2.45) is 4.99 Å². The van der Waals surface area contributed by atoms with Gasteiger partial charge in [0.1, 0.15) is 0 Å². The Morgan fingerprint density at radius 1 is 0.875 bits per heavy atom. The molecule has 0 spiro atoms. The second-order valence-corrected chi connectivity index (χ2v) is 6.14. The van der Waals surface area contributed by atoms with E-state index in [0.717, 1.165) is 0 Å². The molecule has 3 aromatic rings. The summed E-state index contributed by atoms with van der Waals surface area (Å²) in [6, 6.07) is 14.1. The molecule has 0 fully saturated rings. The van der Waals surface area contributed by atoms with Gasteiger partial charge < -0.3 is 10.1 Å². The number of rotatable bonds is 2. The van der Waals surface area contributed by atoms with Crippen molar-refractivity contribution < 1.29 is 9.90 Å². The van der Waals surface area contributed by atoms with E-state index in [1.807, 2.05) is 0 Å². The molecule has 1 aliphatic heterocycles. The van der Waals surface area contributed by atoms with Crippen LogP contribution in [0.1, 0.15) is 21.5 Å². The number of carbonyl (C=O) groups excluding carboxylic acids is 1. The first-order valence-electron chi connectivity index (χ1n) is 7.16. The molecule has 2 heterocycles. The molecule has 2 N–H and O–H groups in total. The van der Waals surface area contributed by atoms with Crippen LogP contribution in [0.3, 0.4) is 0 Å². The number of aliphatic imine (C=N–C) groups is 1. The summed E-state index contributed by atoms with van der Waals surface area (Å²) in [5, 5.41) is 11.3. The zero-order chi connectivity index (χ0) is 16.8. The molecule has 0 unspecified atom stereocenters. The van der Waals surface area contributed by atoms with Crippen molar-refractivity contribution in [3.63, 3.8) is 0 Å². The number of hydrogen-bond acceptors (Lipinski definition) is 2. The highest BCUT2D eigenvalue weighted by Crippen LogP contribution is 2.40. The number of hydrogen-bond donors (Lipinski definition) is 2. The Balaban J connectivity index is 1.95. The molecular formula is C18H10Cl2N2O2. The van der Waals surface area contributed by atoms with Crippen LogP contribution in [0.5, 0.6) is 5.88 Å². The minimum atomic E-state index is -0.439. The molecule has 1 aromatic heterocycles. The summed E-state index contributed by atoms with van der Waals surface area (Å²) in [5.74, 6) is -0.573. The topological polar surface area (TPSA) is 65.4 Å². The van der Waals surface area contributed by atoms with E-state index in [1.54, 1.807) is 48.5 Å². The Bertz CT molecular complexity index is 1020. The molecule has 0 aliphatic carbocycles. The third-order valence-electron chi connectivity index (χ3n) is 3.92. The Hall–Kier alpha value is -2.56. The summed E-state index contributed by atoms with van der Waals surface area (Å²) < 4.78 is 0. The first-order chi connectivity index (χ1) is 11.6. The second kappa shape index (κ2) is 5.51. The highest BCUT2D eigenvalue weighted by Gasteiger charge is 2.34. The van der Waals surface area contributed by atoms with Crippen molar-refractivity contribution >= 4 is 34.8 Å². The highest BCUT2D eigenvalue weighted by atomic mass is 35.5. The van der Waals surface area contributed by atoms with Gasteiger partial charge in [0.05, 0.1) is 22.5 Å². The van der Waals surface area contributed by atoms with Gasteiger partial charge in [0, 0.05) is 21.2 Å². The molecule has 0 radical (unpaired) electrons. The summed E-state index contributed by atoms with van der Waals surface area (Å²) in [4.78, 5) is 19.4. The van der Waals surface area contributed by atoms with Gasteiger partial charge >= 0.3 is 0 Å². The van der Waals surface area contributed by atoms with Crippen LogP contribution in [0.25, 0.3) is 11.3 Å². The third kappa shape index (κ3) is 2.15. The summed E-state index contributed by atoms with van der Waals surface area (Å²) in [6.07, 6.45) is 0. The van der Waals surface area contributed by atoms with Crippen LogP contribution in [0.2, 0.25) is 10.0 Å². The van der Waals surface area contributed by atoms with Gasteiger partial charge in [-0.3, -0.25) is 4.79 Å². The van der Waals surface area contributed by atoms with Gasteiger partial charge in [0.25, 0.3) is 5.91 Å². The minimum absolute atomic E-state index is 0.135. The molecule has 118 valence electrons. The molecule has 0 bridgehead atoms. The number of aromatic nitrogens is 1. The zero-order valence-electron chi connectivity index (χ0n) is 12.2. The molecule has 24 heavy (non-hydrogen) atoms. The van der Waals surface area contributed by atoms with Crippen molar-refractivity contribution in [2.45, 2.75) is 0 Å². The van der Waals surface area contributed by atoms with Gasteiger partial charge in [-0.2, -0.15) is 0 Å². The van der Waals surface area contributed by atoms with Crippen LogP contribution in [0.4, 0.5) is 0 Å². The maximum absolute atomic E-state index is 12.5. The molecule has 1 amide bonds. The predicted octanol–water partition coefficient (Wildman–Crippen LogP) is 4.69. The molecular weight excluding hydrogens is 347 g/mol. The van der Waals surface area contributed by atoms with Crippen LogP contribution >= 0.6 is 23.2 Å². The number of fused-ring (bicyclic) bond motifs is 1. The van der Waals surface area contributed by atoms with E-state index in [-0.39, 0.29) is 5.88 Å². The summed E-state index contributed by atoms with van der Waals surface area (Å²) in [7, 11) is 0. The number of H-pyrrole nitrogens is 1. The van der Waals surface area contributed by atoms with Crippen LogP contribution in [-0.2, 0) is 0 Å². The molecule has 0 atom stereocenters. The Morgan fingerprint density at radius 2 is 1.46 bits per heavy atom. The lowest BCUT2D eigenvalue weighted by Crippen LogP contribution is -2.00. The first-order valence-corrected chi connectivity index (χ1v) is 7.91. The molecule has 4 rings (SSSR count). The van der Waals surface area contributed by atoms with E-state index < -0.39 is 5.91 Å². The number of halogens is 2. The molecule has 2 aromatic carbocycles. The second-order valence-electron chi connectivity index (χ2n) is 5.32. The number of nitrogens with zero attached hydrogens (tertiary/aromatic N) is 1. The highest BCUT2D eigenvalue weighted by molar-refractivity contribution is 6.39. The summed E-state index contributed by atoms with van der Waals surface area (Å²) >= 11 is 12.4. The van der Waals surface area contributed by atoms with Crippen molar-refractivity contribution in [3.8, 4) is 17.1 Å². The van der Waals surface area contributed by atoms with Crippen molar-refractivity contribution in [3.05, 3.63) is 75.3 Å². The van der Waals surface area contributed by atoms with Gasteiger partial charge in [-0.25, -0.2) is 4.99 Å². The number of carbonyl (C=O) groups is 1. The van der Waals surface area contributed by atoms with Crippen LogP contribution in [0, 0.1) is 0 Å². The van der Waals surface area contributed by atoms with Crippen molar-refractivity contribution in [1.82, 2.24) is 4.98 Å². The fourth-order valence-electron chi connectivity index (χ4n) is 2.86. The Kier molecular flexibility index (Phi) is 3.44. The van der Waals surface area contributed by atoms with Gasteiger partial charge in [-0.1, -0.05) is 59.6 Å². The van der Waals surface area contributed by atoms with E-state index in [0.29, 0.717) is 43.7 Å². The van der Waals surface area contributed by atoms with Crippen molar-refractivity contribution in [1.29, 1.82) is 0 Å². The fourth-order valence-corrected chi connectivity index (χ4v) is 3.31. The smallest absolute Gasteiger partial charge is 0.280 e. The third-order valence-corrected chi connectivity index (χ3v) is 4.58. The minimum Gasteiger partial charge on any atom is -0.494 e. The number of nitrogens with one attached hydrogen (secondary N) is 1. The zero-order valence-corrected chi connectivity index (χ0v) is 13.7. The van der Waals surface area contributed by atoms with Crippen molar-refractivity contribution in [2.75, 3.05) is 0 Å². The normalized spacial score (nSPS) is 13.1. The van der Waals surface area contributed by atoms with E-state index in [1.165, 1.54) is 0 Å². The van der Waals surface area contributed by atoms with Gasteiger partial charge in [0.2, 0.25) is 0 Å².